The van der Waals surface area contributed by atoms with Crippen LogP contribution in [0.4, 0.5) is 0 Å². The van der Waals surface area contributed by atoms with Crippen molar-refractivity contribution in [1.29, 1.82) is 0 Å². The minimum atomic E-state index is -0.134. The van der Waals surface area contributed by atoms with Crippen molar-refractivity contribution in [3.63, 3.8) is 0 Å². The summed E-state index contributed by atoms with van der Waals surface area (Å²) in [5.74, 6) is 0.734. The molecule has 2 N–H and O–H groups in total. The summed E-state index contributed by atoms with van der Waals surface area (Å²) >= 11 is 10.9. The van der Waals surface area contributed by atoms with E-state index in [1.165, 1.54) is 0 Å². The molecule has 0 aliphatic heterocycles. The molecule has 0 aliphatic rings. The van der Waals surface area contributed by atoms with E-state index in [2.05, 4.69) is 15.9 Å². The van der Waals surface area contributed by atoms with Crippen LogP contribution >= 0.6 is 38.9 Å². The number of ether oxygens (including phenoxy) is 1. The second-order valence-corrected chi connectivity index (χ2v) is 5.76. The average molecular weight is 333 g/mol. The minimum Gasteiger partial charge on any atom is -0.484 e. The molecule has 1 heterocycles. The van der Waals surface area contributed by atoms with E-state index in [0.717, 1.165) is 15.1 Å². The summed E-state index contributed by atoms with van der Waals surface area (Å²) in [6.45, 7) is 0.430. The van der Waals surface area contributed by atoms with Gasteiger partial charge >= 0.3 is 0 Å². The molecule has 0 radical (unpaired) electrons. The second-order valence-electron chi connectivity index (χ2n) is 3.47. The van der Waals surface area contributed by atoms with Gasteiger partial charge in [0.05, 0.1) is 0 Å². The Morgan fingerprint density at radius 2 is 2.24 bits per heavy atom. The molecule has 0 fully saturated rings. The molecule has 1 aromatic heterocycles. The van der Waals surface area contributed by atoms with Crippen molar-refractivity contribution in [1.82, 2.24) is 0 Å². The first-order valence-corrected chi connectivity index (χ1v) is 7.10. The highest BCUT2D eigenvalue weighted by atomic mass is 79.9. The Kier molecular flexibility index (Phi) is 4.45. The van der Waals surface area contributed by atoms with Crippen molar-refractivity contribution in [3.05, 3.63) is 50.1 Å². The smallest absolute Gasteiger partial charge is 0.145 e. The Balaban J connectivity index is 2.15. The quantitative estimate of drug-likeness (QED) is 0.908. The maximum Gasteiger partial charge on any atom is 0.145 e. The SMILES string of the molecule is NCC(Oc1cccc(Cl)c1)c1cc(Br)cs1. The van der Waals surface area contributed by atoms with Gasteiger partial charge in [0.1, 0.15) is 11.9 Å². The van der Waals surface area contributed by atoms with Gasteiger partial charge in [-0.15, -0.1) is 11.3 Å². The van der Waals surface area contributed by atoms with Crippen molar-refractivity contribution >= 4 is 38.9 Å². The molecular formula is C12H11BrClNOS. The van der Waals surface area contributed by atoms with Crippen molar-refractivity contribution in [2.45, 2.75) is 6.10 Å². The molecule has 0 aliphatic carbocycles. The van der Waals surface area contributed by atoms with Gasteiger partial charge in [-0.05, 0) is 40.2 Å². The predicted molar refractivity (Wildman–Crippen MR) is 75.9 cm³/mol. The summed E-state index contributed by atoms with van der Waals surface area (Å²) in [6.07, 6.45) is -0.134. The molecule has 1 atom stereocenters. The van der Waals surface area contributed by atoms with E-state index in [1.807, 2.05) is 29.6 Å². The molecule has 2 rings (SSSR count). The van der Waals surface area contributed by atoms with Gasteiger partial charge < -0.3 is 10.5 Å². The number of hydrogen-bond acceptors (Lipinski definition) is 3. The van der Waals surface area contributed by atoms with Crippen LogP contribution in [0.3, 0.4) is 0 Å². The number of halogens is 2. The van der Waals surface area contributed by atoms with Crippen molar-refractivity contribution in [3.8, 4) is 5.75 Å². The second kappa shape index (κ2) is 5.87. The third kappa shape index (κ3) is 3.45. The molecule has 0 bridgehead atoms. The Hall–Kier alpha value is -0.550. The topological polar surface area (TPSA) is 35.2 Å². The lowest BCUT2D eigenvalue weighted by Crippen LogP contribution is -2.17. The van der Waals surface area contributed by atoms with Crippen LogP contribution in [0.2, 0.25) is 5.02 Å². The summed E-state index contributed by atoms with van der Waals surface area (Å²) in [5, 5.41) is 2.67. The van der Waals surface area contributed by atoms with Gasteiger partial charge in [0.25, 0.3) is 0 Å². The number of thiophene rings is 1. The fraction of sp³-hybridized carbons (Fsp3) is 0.167. The van der Waals surface area contributed by atoms with Crippen LogP contribution in [0, 0.1) is 0 Å². The molecule has 0 saturated carbocycles. The van der Waals surface area contributed by atoms with Gasteiger partial charge in [0.15, 0.2) is 0 Å². The summed E-state index contributed by atoms with van der Waals surface area (Å²) in [7, 11) is 0. The van der Waals surface area contributed by atoms with E-state index < -0.39 is 0 Å². The van der Waals surface area contributed by atoms with Gasteiger partial charge in [-0.25, -0.2) is 0 Å². The zero-order valence-electron chi connectivity index (χ0n) is 8.90. The van der Waals surface area contributed by atoms with Crippen molar-refractivity contribution < 1.29 is 4.74 Å². The van der Waals surface area contributed by atoms with Crippen LogP contribution in [0.25, 0.3) is 0 Å². The van der Waals surface area contributed by atoms with Crippen LogP contribution in [0.1, 0.15) is 11.0 Å². The van der Waals surface area contributed by atoms with E-state index >= 15 is 0 Å². The highest BCUT2D eigenvalue weighted by Gasteiger charge is 2.13. The first-order valence-electron chi connectivity index (χ1n) is 5.05. The van der Waals surface area contributed by atoms with Gasteiger partial charge in [0, 0.05) is 26.3 Å². The van der Waals surface area contributed by atoms with Gasteiger partial charge in [-0.2, -0.15) is 0 Å². The minimum absolute atomic E-state index is 0.134. The van der Waals surface area contributed by atoms with E-state index in [-0.39, 0.29) is 6.10 Å². The number of hydrogen-bond donors (Lipinski definition) is 1. The van der Waals surface area contributed by atoms with Crippen LogP contribution < -0.4 is 10.5 Å². The lowest BCUT2D eigenvalue weighted by Gasteiger charge is -2.16. The van der Waals surface area contributed by atoms with E-state index in [0.29, 0.717) is 11.6 Å². The fourth-order valence-electron chi connectivity index (χ4n) is 1.42. The van der Waals surface area contributed by atoms with Crippen molar-refractivity contribution in [2.24, 2.45) is 5.73 Å². The van der Waals surface area contributed by atoms with E-state index in [9.17, 15) is 0 Å². The average Bonchev–Trinajstić information content (AvgIpc) is 2.73. The lowest BCUT2D eigenvalue weighted by atomic mass is 10.3. The Labute approximate surface area is 117 Å². The molecule has 0 amide bonds. The largest absolute Gasteiger partial charge is 0.484 e. The molecule has 17 heavy (non-hydrogen) atoms. The summed E-state index contributed by atoms with van der Waals surface area (Å²) < 4.78 is 6.87. The molecule has 2 aromatic rings. The summed E-state index contributed by atoms with van der Waals surface area (Å²) in [4.78, 5) is 1.10. The zero-order chi connectivity index (χ0) is 12.3. The highest BCUT2D eigenvalue weighted by Crippen LogP contribution is 2.29. The first-order chi connectivity index (χ1) is 8.19. The maximum absolute atomic E-state index is 5.91. The predicted octanol–water partition coefficient (Wildman–Crippen LogP) is 4.24. The maximum atomic E-state index is 5.91. The van der Waals surface area contributed by atoms with Gasteiger partial charge in [-0.1, -0.05) is 17.7 Å². The fourth-order valence-corrected chi connectivity index (χ4v) is 3.09. The standard InChI is InChI=1S/C12H11BrClNOS/c13-8-4-12(17-7-8)11(6-15)16-10-3-1-2-9(14)5-10/h1-5,7,11H,6,15H2. The first kappa shape index (κ1) is 12.9. The monoisotopic (exact) mass is 331 g/mol. The molecule has 5 heteroatoms. The molecule has 1 aromatic carbocycles. The van der Waals surface area contributed by atoms with E-state index in [1.54, 1.807) is 17.4 Å². The van der Waals surface area contributed by atoms with Crippen LogP contribution in [-0.4, -0.2) is 6.54 Å². The summed E-state index contributed by atoms with van der Waals surface area (Å²) in [5.41, 5.74) is 5.73. The number of benzene rings is 1. The van der Waals surface area contributed by atoms with Crippen LogP contribution in [-0.2, 0) is 0 Å². The molecule has 0 spiro atoms. The molecule has 0 saturated heterocycles. The number of rotatable bonds is 4. The molecule has 2 nitrogen and oxygen atoms in total. The molecule has 1 unspecified atom stereocenters. The normalized spacial score (nSPS) is 12.4. The third-order valence-electron chi connectivity index (χ3n) is 2.19. The molecule has 90 valence electrons. The third-order valence-corrected chi connectivity index (χ3v) is 4.21. The Morgan fingerprint density at radius 3 is 2.82 bits per heavy atom. The highest BCUT2D eigenvalue weighted by molar-refractivity contribution is 9.10. The zero-order valence-corrected chi connectivity index (χ0v) is 12.1. The van der Waals surface area contributed by atoms with Crippen molar-refractivity contribution in [2.75, 3.05) is 6.54 Å². The van der Waals surface area contributed by atoms with Gasteiger partial charge in [0.2, 0.25) is 0 Å². The van der Waals surface area contributed by atoms with Gasteiger partial charge in [-0.3, -0.25) is 0 Å². The van der Waals surface area contributed by atoms with Crippen LogP contribution in [0.5, 0.6) is 5.75 Å². The van der Waals surface area contributed by atoms with Crippen LogP contribution in [0.15, 0.2) is 40.2 Å². The summed E-state index contributed by atoms with van der Waals surface area (Å²) in [6, 6.07) is 9.35. The number of nitrogens with two attached hydrogens (primary N) is 1. The lowest BCUT2D eigenvalue weighted by molar-refractivity contribution is 0.218. The van der Waals surface area contributed by atoms with E-state index in [4.69, 9.17) is 22.1 Å². The Bertz CT molecular complexity index is 503. The Morgan fingerprint density at radius 1 is 1.41 bits per heavy atom. The molecular weight excluding hydrogens is 322 g/mol.